The van der Waals surface area contributed by atoms with E-state index in [0.29, 0.717) is 10.7 Å². The summed E-state index contributed by atoms with van der Waals surface area (Å²) in [5.41, 5.74) is 1.06. The van der Waals surface area contributed by atoms with Gasteiger partial charge in [-0.2, -0.15) is 0 Å². The maximum absolute atomic E-state index is 6.12. The van der Waals surface area contributed by atoms with Crippen molar-refractivity contribution in [3.05, 3.63) is 33.8 Å². The SMILES string of the molecule is CCC(Br)C(C)Cc1c(Cl)cccc1Cl. The maximum atomic E-state index is 6.12. The van der Waals surface area contributed by atoms with Crippen LogP contribution in [0.1, 0.15) is 25.8 Å². The Morgan fingerprint density at radius 3 is 2.27 bits per heavy atom. The van der Waals surface area contributed by atoms with Crippen LogP contribution >= 0.6 is 39.1 Å². The number of benzene rings is 1. The number of hydrogen-bond acceptors (Lipinski definition) is 0. The quantitative estimate of drug-likeness (QED) is 0.658. The molecule has 0 fully saturated rings. The molecule has 2 atom stereocenters. The highest BCUT2D eigenvalue weighted by Gasteiger charge is 2.15. The van der Waals surface area contributed by atoms with E-state index in [-0.39, 0.29) is 0 Å². The van der Waals surface area contributed by atoms with Crippen molar-refractivity contribution in [3.8, 4) is 0 Å². The number of halogens is 3. The third-order valence-corrected chi connectivity index (χ3v) is 4.85. The Morgan fingerprint density at radius 1 is 1.27 bits per heavy atom. The van der Waals surface area contributed by atoms with Gasteiger partial charge in [0.25, 0.3) is 0 Å². The number of alkyl halides is 1. The van der Waals surface area contributed by atoms with Gasteiger partial charge >= 0.3 is 0 Å². The molecule has 0 spiro atoms. The van der Waals surface area contributed by atoms with Gasteiger partial charge in [0.15, 0.2) is 0 Å². The summed E-state index contributed by atoms with van der Waals surface area (Å²) in [6, 6.07) is 5.67. The minimum atomic E-state index is 0.518. The lowest BCUT2D eigenvalue weighted by Crippen LogP contribution is -2.13. The molecule has 0 saturated carbocycles. The highest BCUT2D eigenvalue weighted by Crippen LogP contribution is 2.29. The van der Waals surface area contributed by atoms with Crippen LogP contribution in [0.15, 0.2) is 18.2 Å². The van der Waals surface area contributed by atoms with Crippen LogP contribution in [0.5, 0.6) is 0 Å². The van der Waals surface area contributed by atoms with Crippen LogP contribution in [0.2, 0.25) is 10.0 Å². The van der Waals surface area contributed by atoms with Gasteiger partial charge in [0, 0.05) is 14.9 Å². The van der Waals surface area contributed by atoms with Crippen molar-refractivity contribution in [2.75, 3.05) is 0 Å². The first-order valence-corrected chi connectivity index (χ1v) is 6.80. The molecule has 15 heavy (non-hydrogen) atoms. The highest BCUT2D eigenvalue weighted by atomic mass is 79.9. The minimum Gasteiger partial charge on any atom is -0.0888 e. The van der Waals surface area contributed by atoms with Crippen LogP contribution in [0.3, 0.4) is 0 Å². The Kier molecular flexibility index (Phi) is 5.45. The molecule has 0 N–H and O–H groups in total. The molecule has 1 aromatic carbocycles. The van der Waals surface area contributed by atoms with E-state index in [0.717, 1.165) is 28.5 Å². The predicted octanol–water partition coefficient (Wildman–Crippen LogP) is 5.35. The molecule has 3 heteroatoms. The summed E-state index contributed by atoms with van der Waals surface area (Å²) in [6.45, 7) is 4.38. The van der Waals surface area contributed by atoms with E-state index in [1.165, 1.54) is 0 Å². The Bertz CT molecular complexity index is 305. The molecule has 0 radical (unpaired) electrons. The Labute approximate surface area is 110 Å². The molecule has 1 aromatic rings. The van der Waals surface area contributed by atoms with Crippen LogP contribution in [0.25, 0.3) is 0 Å². The van der Waals surface area contributed by atoms with E-state index in [2.05, 4.69) is 29.8 Å². The van der Waals surface area contributed by atoms with E-state index < -0.39 is 0 Å². The summed E-state index contributed by atoms with van der Waals surface area (Å²) in [5, 5.41) is 1.54. The average Bonchev–Trinajstić information content (AvgIpc) is 2.22. The van der Waals surface area contributed by atoms with Gasteiger partial charge in [0.05, 0.1) is 0 Å². The second kappa shape index (κ2) is 6.12. The zero-order valence-electron chi connectivity index (χ0n) is 8.93. The van der Waals surface area contributed by atoms with Gasteiger partial charge in [-0.1, -0.05) is 59.0 Å². The van der Waals surface area contributed by atoms with E-state index in [1.54, 1.807) is 0 Å². The Hall–Kier alpha value is 0.280. The summed E-state index contributed by atoms with van der Waals surface area (Å²) in [7, 11) is 0. The molecule has 1 rings (SSSR count). The molecule has 0 heterocycles. The minimum absolute atomic E-state index is 0.518. The normalized spacial score (nSPS) is 15.0. The molecule has 84 valence electrons. The molecule has 0 bridgehead atoms. The molecule has 0 amide bonds. The molecule has 0 saturated heterocycles. The monoisotopic (exact) mass is 308 g/mol. The topological polar surface area (TPSA) is 0 Å². The zero-order valence-corrected chi connectivity index (χ0v) is 12.0. The average molecular weight is 310 g/mol. The summed E-state index contributed by atoms with van der Waals surface area (Å²) < 4.78 is 0. The second-order valence-electron chi connectivity index (χ2n) is 3.81. The van der Waals surface area contributed by atoms with E-state index in [1.807, 2.05) is 18.2 Å². The predicted molar refractivity (Wildman–Crippen MR) is 72.3 cm³/mol. The van der Waals surface area contributed by atoms with Crippen LogP contribution < -0.4 is 0 Å². The first kappa shape index (κ1) is 13.3. The lowest BCUT2D eigenvalue weighted by Gasteiger charge is -2.18. The fourth-order valence-corrected chi connectivity index (χ4v) is 2.32. The van der Waals surface area contributed by atoms with E-state index in [9.17, 15) is 0 Å². The smallest absolute Gasteiger partial charge is 0.0452 e. The molecule has 0 nitrogen and oxygen atoms in total. The van der Waals surface area contributed by atoms with Crippen molar-refractivity contribution in [1.29, 1.82) is 0 Å². The fraction of sp³-hybridized carbons (Fsp3) is 0.500. The van der Waals surface area contributed by atoms with E-state index in [4.69, 9.17) is 23.2 Å². The lowest BCUT2D eigenvalue weighted by molar-refractivity contribution is 0.545. The number of hydrogen-bond donors (Lipinski definition) is 0. The third-order valence-electron chi connectivity index (χ3n) is 2.60. The standard InChI is InChI=1S/C12H15BrCl2/c1-3-10(13)8(2)7-9-11(14)5-4-6-12(9)15/h4-6,8,10H,3,7H2,1-2H3. The molecule has 0 aliphatic heterocycles. The lowest BCUT2D eigenvalue weighted by atomic mass is 9.97. The van der Waals surface area contributed by atoms with Crippen molar-refractivity contribution < 1.29 is 0 Å². The van der Waals surface area contributed by atoms with Gasteiger partial charge in [0.1, 0.15) is 0 Å². The Balaban J connectivity index is 2.80. The summed E-state index contributed by atoms with van der Waals surface area (Å²) in [4.78, 5) is 0.518. The van der Waals surface area contributed by atoms with Crippen LogP contribution in [-0.2, 0) is 6.42 Å². The number of rotatable bonds is 4. The van der Waals surface area contributed by atoms with Gasteiger partial charge in [-0.25, -0.2) is 0 Å². The van der Waals surface area contributed by atoms with Crippen molar-refractivity contribution in [1.82, 2.24) is 0 Å². The largest absolute Gasteiger partial charge is 0.0888 e. The van der Waals surface area contributed by atoms with Crippen molar-refractivity contribution in [2.45, 2.75) is 31.5 Å². The van der Waals surface area contributed by atoms with E-state index >= 15 is 0 Å². The van der Waals surface area contributed by atoms with Crippen molar-refractivity contribution in [3.63, 3.8) is 0 Å². The van der Waals surface area contributed by atoms with Crippen LogP contribution in [0, 0.1) is 5.92 Å². The first-order chi connectivity index (χ1) is 7.06. The van der Waals surface area contributed by atoms with Gasteiger partial charge in [-0.15, -0.1) is 0 Å². The molecular weight excluding hydrogens is 295 g/mol. The summed E-state index contributed by atoms with van der Waals surface area (Å²) in [5.74, 6) is 0.535. The maximum Gasteiger partial charge on any atom is 0.0452 e. The first-order valence-electron chi connectivity index (χ1n) is 5.13. The van der Waals surface area contributed by atoms with Crippen molar-refractivity contribution >= 4 is 39.1 Å². The molecule has 0 aliphatic rings. The van der Waals surface area contributed by atoms with Gasteiger partial charge in [0.2, 0.25) is 0 Å². The Morgan fingerprint density at radius 2 is 1.80 bits per heavy atom. The molecule has 0 aromatic heterocycles. The van der Waals surface area contributed by atoms with Crippen LogP contribution in [0.4, 0.5) is 0 Å². The summed E-state index contributed by atoms with van der Waals surface area (Å²) >= 11 is 15.9. The molecule has 0 aliphatic carbocycles. The molecular formula is C12H15BrCl2. The zero-order chi connectivity index (χ0) is 11.4. The van der Waals surface area contributed by atoms with Gasteiger partial charge in [-0.3, -0.25) is 0 Å². The van der Waals surface area contributed by atoms with Crippen LogP contribution in [-0.4, -0.2) is 4.83 Å². The van der Waals surface area contributed by atoms with Crippen molar-refractivity contribution in [2.24, 2.45) is 5.92 Å². The van der Waals surface area contributed by atoms with Gasteiger partial charge in [-0.05, 0) is 36.5 Å². The third kappa shape index (κ3) is 3.65. The fourth-order valence-electron chi connectivity index (χ4n) is 1.58. The molecule has 2 unspecified atom stereocenters. The highest BCUT2D eigenvalue weighted by molar-refractivity contribution is 9.09. The second-order valence-corrected chi connectivity index (χ2v) is 5.80. The van der Waals surface area contributed by atoms with Gasteiger partial charge < -0.3 is 0 Å². The summed E-state index contributed by atoms with van der Waals surface area (Å²) in [6.07, 6.45) is 2.03.